The van der Waals surface area contributed by atoms with Crippen LogP contribution >= 0.6 is 0 Å². The first-order valence-corrected chi connectivity index (χ1v) is 5.32. The van der Waals surface area contributed by atoms with E-state index in [-0.39, 0.29) is 11.6 Å². The quantitative estimate of drug-likeness (QED) is 0.636. The lowest BCUT2D eigenvalue weighted by atomic mass is 10.2. The van der Waals surface area contributed by atoms with Crippen molar-refractivity contribution in [2.45, 2.75) is 6.54 Å². The molecule has 0 fully saturated rings. The van der Waals surface area contributed by atoms with Crippen LogP contribution in [0.25, 0.3) is 0 Å². The van der Waals surface area contributed by atoms with E-state index in [0.717, 1.165) is 5.69 Å². The first-order chi connectivity index (χ1) is 8.66. The summed E-state index contributed by atoms with van der Waals surface area (Å²) in [4.78, 5) is 24.7. The van der Waals surface area contributed by atoms with Crippen molar-refractivity contribution in [2.75, 3.05) is 0 Å². The van der Waals surface area contributed by atoms with Crippen LogP contribution in [0.1, 0.15) is 16.1 Å². The van der Waals surface area contributed by atoms with Crippen LogP contribution in [0.4, 0.5) is 5.69 Å². The van der Waals surface area contributed by atoms with Gasteiger partial charge in [-0.25, -0.2) is 0 Å². The topological polar surface area (TPSA) is 88.0 Å². The predicted molar refractivity (Wildman–Crippen MR) is 65.1 cm³/mol. The van der Waals surface area contributed by atoms with Crippen molar-refractivity contribution in [3.05, 3.63) is 64.0 Å². The summed E-state index contributed by atoms with van der Waals surface area (Å²) in [5, 5.41) is 13.2. The standard InChI is InChI=1S/C12H11N3O3/c16-12(14-8-10-2-1-7-13-10)9-3-5-11(6-4-9)15(17)18/h1-7,13H,8H2,(H,14,16). The Balaban J connectivity index is 1.98. The van der Waals surface area contributed by atoms with Gasteiger partial charge in [-0.3, -0.25) is 14.9 Å². The van der Waals surface area contributed by atoms with Crippen LogP contribution in [0, 0.1) is 10.1 Å². The van der Waals surface area contributed by atoms with E-state index in [2.05, 4.69) is 10.3 Å². The van der Waals surface area contributed by atoms with E-state index in [0.29, 0.717) is 12.1 Å². The summed E-state index contributed by atoms with van der Waals surface area (Å²) in [6.07, 6.45) is 1.77. The number of rotatable bonds is 4. The van der Waals surface area contributed by atoms with Crippen molar-refractivity contribution in [3.63, 3.8) is 0 Å². The Hall–Kier alpha value is -2.63. The molecule has 2 rings (SSSR count). The normalized spacial score (nSPS) is 10.0. The number of carbonyl (C=O) groups is 1. The number of nitrogens with zero attached hydrogens (tertiary/aromatic N) is 1. The number of hydrogen-bond donors (Lipinski definition) is 2. The van der Waals surface area contributed by atoms with Gasteiger partial charge in [0.15, 0.2) is 0 Å². The van der Waals surface area contributed by atoms with Crippen LogP contribution in [0.5, 0.6) is 0 Å². The fraction of sp³-hybridized carbons (Fsp3) is 0.0833. The molecule has 1 heterocycles. The van der Waals surface area contributed by atoms with Crippen LogP contribution in [0.2, 0.25) is 0 Å². The zero-order valence-electron chi connectivity index (χ0n) is 9.42. The Morgan fingerprint density at radius 1 is 1.28 bits per heavy atom. The second kappa shape index (κ2) is 5.13. The highest BCUT2D eigenvalue weighted by Crippen LogP contribution is 2.11. The molecule has 1 aromatic heterocycles. The largest absolute Gasteiger partial charge is 0.364 e. The minimum absolute atomic E-state index is 0.0316. The number of nitro groups is 1. The molecule has 0 unspecified atom stereocenters. The van der Waals surface area contributed by atoms with E-state index in [1.54, 1.807) is 6.20 Å². The van der Waals surface area contributed by atoms with Crippen LogP contribution in [-0.2, 0) is 6.54 Å². The van der Waals surface area contributed by atoms with Gasteiger partial charge in [-0.05, 0) is 24.3 Å². The van der Waals surface area contributed by atoms with Crippen LogP contribution in [-0.4, -0.2) is 15.8 Å². The second-order valence-corrected chi connectivity index (χ2v) is 3.68. The number of aromatic nitrogens is 1. The molecule has 0 atom stereocenters. The van der Waals surface area contributed by atoms with Crippen LogP contribution in [0.15, 0.2) is 42.6 Å². The smallest absolute Gasteiger partial charge is 0.269 e. The van der Waals surface area contributed by atoms with Crippen molar-refractivity contribution in [1.29, 1.82) is 0 Å². The Bertz CT molecular complexity index is 546. The van der Waals surface area contributed by atoms with Gasteiger partial charge in [0.1, 0.15) is 0 Å². The van der Waals surface area contributed by atoms with Crippen molar-refractivity contribution < 1.29 is 9.72 Å². The van der Waals surface area contributed by atoms with Crippen molar-refractivity contribution >= 4 is 11.6 Å². The zero-order chi connectivity index (χ0) is 13.0. The summed E-state index contributed by atoms with van der Waals surface area (Å²) < 4.78 is 0. The first kappa shape index (κ1) is 11.8. The summed E-state index contributed by atoms with van der Waals surface area (Å²) in [6.45, 7) is 0.392. The molecule has 0 aliphatic heterocycles. The summed E-state index contributed by atoms with van der Waals surface area (Å²) in [5.41, 5.74) is 1.26. The Labute approximate surface area is 103 Å². The lowest BCUT2D eigenvalue weighted by Crippen LogP contribution is -2.22. The summed E-state index contributed by atoms with van der Waals surface area (Å²) in [6, 6.07) is 9.18. The number of amides is 1. The Kier molecular flexibility index (Phi) is 3.38. The lowest BCUT2D eigenvalue weighted by Gasteiger charge is -2.03. The van der Waals surface area contributed by atoms with Gasteiger partial charge in [-0.15, -0.1) is 0 Å². The third-order valence-electron chi connectivity index (χ3n) is 2.44. The van der Waals surface area contributed by atoms with E-state index in [9.17, 15) is 14.9 Å². The highest BCUT2D eigenvalue weighted by atomic mass is 16.6. The molecule has 18 heavy (non-hydrogen) atoms. The van der Waals surface area contributed by atoms with Crippen molar-refractivity contribution in [2.24, 2.45) is 0 Å². The maximum absolute atomic E-state index is 11.7. The molecule has 0 saturated heterocycles. The fourth-order valence-electron chi connectivity index (χ4n) is 1.49. The van der Waals surface area contributed by atoms with Gasteiger partial charge in [-0.1, -0.05) is 0 Å². The summed E-state index contributed by atoms with van der Waals surface area (Å²) in [7, 11) is 0. The maximum Gasteiger partial charge on any atom is 0.269 e. The molecule has 0 aliphatic rings. The first-order valence-electron chi connectivity index (χ1n) is 5.32. The molecule has 0 saturated carbocycles. The van der Waals surface area contributed by atoms with Gasteiger partial charge in [-0.2, -0.15) is 0 Å². The molecule has 0 radical (unpaired) electrons. The fourth-order valence-corrected chi connectivity index (χ4v) is 1.49. The van der Waals surface area contributed by atoms with Crippen LogP contribution < -0.4 is 5.32 Å². The Morgan fingerprint density at radius 3 is 2.56 bits per heavy atom. The van der Waals surface area contributed by atoms with Gasteiger partial charge in [0, 0.05) is 29.6 Å². The van der Waals surface area contributed by atoms with Gasteiger partial charge in [0.05, 0.1) is 11.5 Å². The monoisotopic (exact) mass is 245 g/mol. The molecule has 6 nitrogen and oxygen atoms in total. The molecule has 2 N–H and O–H groups in total. The number of benzene rings is 1. The van der Waals surface area contributed by atoms with Crippen molar-refractivity contribution in [1.82, 2.24) is 10.3 Å². The van der Waals surface area contributed by atoms with E-state index >= 15 is 0 Å². The number of hydrogen-bond acceptors (Lipinski definition) is 3. The number of nitrogens with one attached hydrogen (secondary N) is 2. The second-order valence-electron chi connectivity index (χ2n) is 3.68. The summed E-state index contributed by atoms with van der Waals surface area (Å²) >= 11 is 0. The van der Waals surface area contributed by atoms with Crippen molar-refractivity contribution in [3.8, 4) is 0 Å². The average Bonchev–Trinajstić information content (AvgIpc) is 2.89. The zero-order valence-corrected chi connectivity index (χ0v) is 9.42. The minimum Gasteiger partial charge on any atom is -0.364 e. The SMILES string of the molecule is O=C(NCc1ccc[nH]1)c1ccc([N+](=O)[O-])cc1. The number of non-ortho nitro benzene ring substituents is 1. The lowest BCUT2D eigenvalue weighted by molar-refractivity contribution is -0.384. The molecule has 1 amide bonds. The predicted octanol–water partition coefficient (Wildman–Crippen LogP) is 1.85. The molecule has 2 aromatic rings. The van der Waals surface area contributed by atoms with E-state index in [1.165, 1.54) is 24.3 Å². The molecular weight excluding hydrogens is 234 g/mol. The Morgan fingerprint density at radius 2 is 2.00 bits per heavy atom. The number of H-pyrrole nitrogens is 1. The molecule has 92 valence electrons. The van der Waals surface area contributed by atoms with E-state index in [4.69, 9.17) is 0 Å². The molecule has 6 heteroatoms. The average molecular weight is 245 g/mol. The molecule has 0 aliphatic carbocycles. The molecule has 1 aromatic carbocycles. The number of nitro benzene ring substituents is 1. The highest BCUT2D eigenvalue weighted by molar-refractivity contribution is 5.94. The summed E-state index contributed by atoms with van der Waals surface area (Å²) in [5.74, 6) is -0.264. The van der Waals surface area contributed by atoms with Gasteiger partial charge in [0.2, 0.25) is 0 Å². The van der Waals surface area contributed by atoms with E-state index < -0.39 is 4.92 Å². The molecule has 0 spiro atoms. The van der Waals surface area contributed by atoms with Gasteiger partial charge in [0.25, 0.3) is 11.6 Å². The maximum atomic E-state index is 11.7. The van der Waals surface area contributed by atoms with Gasteiger partial charge < -0.3 is 10.3 Å². The number of carbonyl (C=O) groups excluding carboxylic acids is 1. The highest BCUT2D eigenvalue weighted by Gasteiger charge is 2.09. The third kappa shape index (κ3) is 2.73. The van der Waals surface area contributed by atoms with Crippen LogP contribution in [0.3, 0.4) is 0 Å². The van der Waals surface area contributed by atoms with E-state index in [1.807, 2.05) is 12.1 Å². The molecular formula is C12H11N3O3. The number of aromatic amines is 1. The minimum atomic E-state index is -0.499. The third-order valence-corrected chi connectivity index (χ3v) is 2.44. The van der Waals surface area contributed by atoms with Gasteiger partial charge >= 0.3 is 0 Å². The molecule has 0 bridgehead atoms.